The molecule has 0 atom stereocenters. The van der Waals surface area contributed by atoms with Gasteiger partial charge in [0.1, 0.15) is 0 Å². The second-order valence-corrected chi connectivity index (χ2v) is 3.89. The second-order valence-electron chi connectivity index (χ2n) is 3.89. The summed E-state index contributed by atoms with van der Waals surface area (Å²) in [6.07, 6.45) is 5.87. The molecule has 3 rings (SSSR count). The summed E-state index contributed by atoms with van der Waals surface area (Å²) in [5.41, 5.74) is 3.72. The normalized spacial score (nSPS) is 16.8. The second kappa shape index (κ2) is 3.49. The van der Waals surface area contributed by atoms with Crippen LogP contribution in [0.5, 0.6) is 0 Å². The highest BCUT2D eigenvalue weighted by Gasteiger charge is 2.23. The molecule has 0 amide bonds. The van der Waals surface area contributed by atoms with Crippen LogP contribution in [0.15, 0.2) is 52.8 Å². The number of allylic oxidation sites excluding steroid dienone is 1. The van der Waals surface area contributed by atoms with Crippen LogP contribution in [-0.4, -0.2) is 5.78 Å². The summed E-state index contributed by atoms with van der Waals surface area (Å²) in [4.78, 5) is 12.0. The van der Waals surface area contributed by atoms with E-state index in [1.54, 1.807) is 12.5 Å². The molecule has 0 N–H and O–H groups in total. The fraction of sp³-hybridized carbons (Fsp3) is 0.0714. The first-order valence-corrected chi connectivity index (χ1v) is 5.20. The Morgan fingerprint density at radius 3 is 2.81 bits per heavy atom. The number of carbonyl (C=O) groups excluding carboxylic acids is 1. The zero-order chi connectivity index (χ0) is 11.0. The van der Waals surface area contributed by atoms with E-state index in [-0.39, 0.29) is 5.78 Å². The number of ketones is 1. The lowest BCUT2D eigenvalue weighted by molar-refractivity contribution is 0.104. The third kappa shape index (κ3) is 1.39. The van der Waals surface area contributed by atoms with Crippen molar-refractivity contribution in [3.63, 3.8) is 0 Å². The van der Waals surface area contributed by atoms with Crippen molar-refractivity contribution in [2.24, 2.45) is 0 Å². The van der Waals surface area contributed by atoms with Gasteiger partial charge in [0.05, 0.1) is 12.5 Å². The Kier molecular flexibility index (Phi) is 2.00. The van der Waals surface area contributed by atoms with Crippen molar-refractivity contribution in [2.75, 3.05) is 0 Å². The van der Waals surface area contributed by atoms with E-state index in [1.807, 2.05) is 36.4 Å². The lowest BCUT2D eigenvalue weighted by atomic mass is 10.1. The highest BCUT2D eigenvalue weighted by Crippen LogP contribution is 2.27. The van der Waals surface area contributed by atoms with Gasteiger partial charge in [0.15, 0.2) is 5.78 Å². The Bertz CT molecular complexity index is 562. The van der Waals surface area contributed by atoms with Gasteiger partial charge >= 0.3 is 0 Å². The Labute approximate surface area is 93.2 Å². The first-order chi connectivity index (χ1) is 7.84. The first kappa shape index (κ1) is 9.16. The van der Waals surface area contributed by atoms with E-state index >= 15 is 0 Å². The van der Waals surface area contributed by atoms with Crippen LogP contribution in [0.25, 0.3) is 6.08 Å². The maximum Gasteiger partial charge on any atom is 0.189 e. The third-order valence-electron chi connectivity index (χ3n) is 2.82. The Hall–Kier alpha value is -2.09. The summed E-state index contributed by atoms with van der Waals surface area (Å²) < 4.78 is 4.98. The highest BCUT2D eigenvalue weighted by molar-refractivity contribution is 6.15. The number of benzene rings is 1. The molecule has 16 heavy (non-hydrogen) atoms. The molecule has 0 bridgehead atoms. The van der Waals surface area contributed by atoms with Crippen LogP contribution in [-0.2, 0) is 6.42 Å². The molecule has 0 fully saturated rings. The Balaban J connectivity index is 2.02. The van der Waals surface area contributed by atoms with Gasteiger partial charge in [-0.1, -0.05) is 24.3 Å². The first-order valence-electron chi connectivity index (χ1n) is 5.20. The SMILES string of the molecule is O=C1/C(=C/c2ccoc2)Cc2ccccc21. The van der Waals surface area contributed by atoms with E-state index in [9.17, 15) is 4.79 Å². The number of fused-ring (bicyclic) bond motifs is 1. The zero-order valence-corrected chi connectivity index (χ0v) is 8.64. The molecule has 0 radical (unpaired) electrons. The van der Waals surface area contributed by atoms with Gasteiger partial charge in [-0.05, 0) is 17.7 Å². The topological polar surface area (TPSA) is 30.2 Å². The fourth-order valence-corrected chi connectivity index (χ4v) is 2.03. The van der Waals surface area contributed by atoms with Crippen molar-refractivity contribution in [1.29, 1.82) is 0 Å². The van der Waals surface area contributed by atoms with Crippen molar-refractivity contribution in [2.45, 2.75) is 6.42 Å². The van der Waals surface area contributed by atoms with E-state index in [0.717, 1.165) is 28.7 Å². The van der Waals surface area contributed by atoms with Crippen molar-refractivity contribution in [1.82, 2.24) is 0 Å². The van der Waals surface area contributed by atoms with Crippen LogP contribution in [0.1, 0.15) is 21.5 Å². The van der Waals surface area contributed by atoms with Crippen LogP contribution >= 0.6 is 0 Å². The largest absolute Gasteiger partial charge is 0.472 e. The van der Waals surface area contributed by atoms with Gasteiger partial charge < -0.3 is 4.42 Å². The number of hydrogen-bond donors (Lipinski definition) is 0. The Morgan fingerprint density at radius 1 is 1.19 bits per heavy atom. The highest BCUT2D eigenvalue weighted by atomic mass is 16.3. The molecule has 78 valence electrons. The average Bonchev–Trinajstić information content (AvgIpc) is 2.90. The smallest absolute Gasteiger partial charge is 0.189 e. The molecular weight excluding hydrogens is 200 g/mol. The summed E-state index contributed by atoms with van der Waals surface area (Å²) >= 11 is 0. The molecule has 0 aliphatic heterocycles. The van der Waals surface area contributed by atoms with Crippen LogP contribution in [0.3, 0.4) is 0 Å². The molecule has 2 nitrogen and oxygen atoms in total. The van der Waals surface area contributed by atoms with Crippen molar-refractivity contribution in [3.8, 4) is 0 Å². The molecule has 1 heterocycles. The minimum Gasteiger partial charge on any atom is -0.472 e. The number of hydrogen-bond acceptors (Lipinski definition) is 2. The molecule has 0 saturated carbocycles. The number of carbonyl (C=O) groups is 1. The van der Waals surface area contributed by atoms with Gasteiger partial charge in [0, 0.05) is 23.1 Å². The van der Waals surface area contributed by atoms with Crippen molar-refractivity contribution in [3.05, 3.63) is 65.1 Å². The van der Waals surface area contributed by atoms with E-state index in [1.165, 1.54) is 0 Å². The summed E-state index contributed by atoms with van der Waals surface area (Å²) in [5.74, 6) is 0.136. The molecule has 0 unspecified atom stereocenters. The average molecular weight is 210 g/mol. The third-order valence-corrected chi connectivity index (χ3v) is 2.82. The summed E-state index contributed by atoms with van der Waals surface area (Å²) in [6, 6.07) is 9.60. The molecular formula is C14H10O2. The van der Waals surface area contributed by atoms with Gasteiger partial charge in [-0.25, -0.2) is 0 Å². The van der Waals surface area contributed by atoms with Crippen LogP contribution in [0.2, 0.25) is 0 Å². The van der Waals surface area contributed by atoms with Gasteiger partial charge in [-0.15, -0.1) is 0 Å². The summed E-state index contributed by atoms with van der Waals surface area (Å²) in [7, 11) is 0. The van der Waals surface area contributed by atoms with E-state index in [0.29, 0.717) is 0 Å². The van der Waals surface area contributed by atoms with Crippen LogP contribution < -0.4 is 0 Å². The van der Waals surface area contributed by atoms with Gasteiger partial charge in [0.2, 0.25) is 0 Å². The molecule has 1 aromatic carbocycles. The van der Waals surface area contributed by atoms with E-state index < -0.39 is 0 Å². The standard InChI is InChI=1S/C14H10O2/c15-14-12(7-10-5-6-16-9-10)8-11-3-1-2-4-13(11)14/h1-7,9H,8H2/b12-7+. The van der Waals surface area contributed by atoms with Gasteiger partial charge in [0.25, 0.3) is 0 Å². The minimum atomic E-state index is 0.136. The minimum absolute atomic E-state index is 0.136. The number of furan rings is 1. The van der Waals surface area contributed by atoms with Crippen molar-refractivity contribution < 1.29 is 9.21 Å². The Morgan fingerprint density at radius 2 is 2.06 bits per heavy atom. The molecule has 0 saturated heterocycles. The number of rotatable bonds is 1. The molecule has 1 aliphatic rings. The zero-order valence-electron chi connectivity index (χ0n) is 8.64. The maximum absolute atomic E-state index is 12.0. The predicted octanol–water partition coefficient (Wildman–Crippen LogP) is 3.10. The maximum atomic E-state index is 12.0. The van der Waals surface area contributed by atoms with Crippen LogP contribution in [0, 0.1) is 0 Å². The lowest BCUT2D eigenvalue weighted by Gasteiger charge is -1.92. The number of Topliss-reactive ketones (excluding diaryl/α,β-unsaturated/α-hetero) is 1. The molecule has 0 spiro atoms. The van der Waals surface area contributed by atoms with Crippen LogP contribution in [0.4, 0.5) is 0 Å². The van der Waals surface area contributed by atoms with E-state index in [2.05, 4.69) is 0 Å². The van der Waals surface area contributed by atoms with Gasteiger partial charge in [-0.2, -0.15) is 0 Å². The summed E-state index contributed by atoms with van der Waals surface area (Å²) in [5, 5.41) is 0. The molecule has 2 heteroatoms. The van der Waals surface area contributed by atoms with E-state index in [4.69, 9.17) is 4.42 Å². The molecule has 1 aliphatic carbocycles. The monoisotopic (exact) mass is 210 g/mol. The van der Waals surface area contributed by atoms with Crippen molar-refractivity contribution >= 4 is 11.9 Å². The molecule has 2 aromatic rings. The fourth-order valence-electron chi connectivity index (χ4n) is 2.03. The predicted molar refractivity (Wildman–Crippen MR) is 61.2 cm³/mol. The summed E-state index contributed by atoms with van der Waals surface area (Å²) in [6.45, 7) is 0. The quantitative estimate of drug-likeness (QED) is 0.677. The molecule has 1 aromatic heterocycles. The van der Waals surface area contributed by atoms with Gasteiger partial charge in [-0.3, -0.25) is 4.79 Å². The lowest BCUT2D eigenvalue weighted by Crippen LogP contribution is -1.94.